The molecule has 0 fully saturated rings. The lowest BCUT2D eigenvalue weighted by Gasteiger charge is -2.18. The van der Waals surface area contributed by atoms with E-state index in [1.165, 1.54) is 51.4 Å². The number of rotatable bonds is 49. The van der Waals surface area contributed by atoms with Crippen LogP contribution in [-0.4, -0.2) is 37.2 Å². The molecule has 6 heteroatoms. The first kappa shape index (κ1) is 66.3. The number of carbonyl (C=O) groups excluding carboxylic acids is 3. The summed E-state index contributed by atoms with van der Waals surface area (Å²) in [4.78, 5) is 38.0. The number of allylic oxidation sites excluding steroid dienone is 24. The van der Waals surface area contributed by atoms with E-state index >= 15 is 0 Å². The second kappa shape index (κ2) is 57.9. The van der Waals surface area contributed by atoms with Gasteiger partial charge in [0.2, 0.25) is 0 Å². The van der Waals surface area contributed by atoms with E-state index in [1.807, 2.05) is 12.2 Å². The lowest BCUT2D eigenvalue weighted by Crippen LogP contribution is -2.30. The van der Waals surface area contributed by atoms with Crippen molar-refractivity contribution in [1.82, 2.24) is 0 Å². The summed E-state index contributed by atoms with van der Waals surface area (Å²) in [6.45, 7) is 6.27. The van der Waals surface area contributed by atoms with E-state index in [1.54, 1.807) is 0 Å². The third kappa shape index (κ3) is 56.1. The topological polar surface area (TPSA) is 78.9 Å². The summed E-state index contributed by atoms with van der Waals surface area (Å²) in [5.74, 6) is -1.03. The first-order valence-electron chi connectivity index (χ1n) is 28.3. The largest absolute Gasteiger partial charge is 0.462 e. The number of esters is 3. The van der Waals surface area contributed by atoms with Gasteiger partial charge in [0.15, 0.2) is 6.10 Å². The number of hydrogen-bond donors (Lipinski definition) is 0. The third-order valence-electron chi connectivity index (χ3n) is 11.3. The first-order chi connectivity index (χ1) is 35.0. The van der Waals surface area contributed by atoms with Crippen molar-refractivity contribution in [2.45, 2.75) is 232 Å². The average molecular weight is 980 g/mol. The van der Waals surface area contributed by atoms with Crippen molar-refractivity contribution < 1.29 is 28.6 Å². The van der Waals surface area contributed by atoms with Crippen molar-refractivity contribution in [3.05, 3.63) is 146 Å². The monoisotopic (exact) mass is 979 g/mol. The van der Waals surface area contributed by atoms with Gasteiger partial charge in [-0.25, -0.2) is 0 Å². The van der Waals surface area contributed by atoms with Gasteiger partial charge in [-0.1, -0.05) is 231 Å². The number of hydrogen-bond acceptors (Lipinski definition) is 6. The molecular formula is C65H102O6. The molecular weight excluding hydrogens is 877 g/mol. The van der Waals surface area contributed by atoms with E-state index in [0.717, 1.165) is 128 Å². The number of ether oxygens (including phenoxy) is 3. The van der Waals surface area contributed by atoms with E-state index in [9.17, 15) is 14.4 Å². The summed E-state index contributed by atoms with van der Waals surface area (Å²) in [6.07, 6.45) is 82.9. The van der Waals surface area contributed by atoms with Crippen LogP contribution in [0.5, 0.6) is 0 Å². The highest BCUT2D eigenvalue weighted by molar-refractivity contribution is 5.71. The summed E-state index contributed by atoms with van der Waals surface area (Å²) in [5, 5.41) is 0. The van der Waals surface area contributed by atoms with Crippen LogP contribution >= 0.6 is 0 Å². The molecule has 0 spiro atoms. The molecule has 6 nitrogen and oxygen atoms in total. The fraction of sp³-hybridized carbons (Fsp3) is 0.585. The van der Waals surface area contributed by atoms with Gasteiger partial charge in [-0.2, -0.15) is 0 Å². The highest BCUT2D eigenvalue weighted by Crippen LogP contribution is 2.13. The number of unbranched alkanes of at least 4 members (excludes halogenated alkanes) is 14. The van der Waals surface area contributed by atoms with Crippen molar-refractivity contribution in [2.24, 2.45) is 0 Å². The molecule has 71 heavy (non-hydrogen) atoms. The Bertz CT molecular complexity index is 1590. The van der Waals surface area contributed by atoms with Gasteiger partial charge in [0, 0.05) is 19.3 Å². The fourth-order valence-corrected chi connectivity index (χ4v) is 7.12. The Balaban J connectivity index is 4.34. The molecule has 0 N–H and O–H groups in total. The van der Waals surface area contributed by atoms with Crippen LogP contribution in [0.2, 0.25) is 0 Å². The Morgan fingerprint density at radius 2 is 0.577 bits per heavy atom. The third-order valence-corrected chi connectivity index (χ3v) is 11.3. The van der Waals surface area contributed by atoms with Crippen molar-refractivity contribution in [1.29, 1.82) is 0 Å². The lowest BCUT2D eigenvalue weighted by atomic mass is 10.1. The predicted octanol–water partition coefficient (Wildman–Crippen LogP) is 19.2. The molecule has 0 saturated carbocycles. The van der Waals surface area contributed by atoms with Crippen molar-refractivity contribution in [3.63, 3.8) is 0 Å². The normalized spacial score (nSPS) is 13.2. The molecule has 398 valence electrons. The van der Waals surface area contributed by atoms with E-state index in [0.29, 0.717) is 19.3 Å². The first-order valence-corrected chi connectivity index (χ1v) is 28.3. The zero-order chi connectivity index (χ0) is 51.4. The summed E-state index contributed by atoms with van der Waals surface area (Å²) in [7, 11) is 0. The Morgan fingerprint density at radius 1 is 0.296 bits per heavy atom. The second-order valence-electron chi connectivity index (χ2n) is 18.1. The van der Waals surface area contributed by atoms with Gasteiger partial charge in [-0.15, -0.1) is 0 Å². The molecule has 0 bridgehead atoms. The maximum atomic E-state index is 12.8. The lowest BCUT2D eigenvalue weighted by molar-refractivity contribution is -0.166. The van der Waals surface area contributed by atoms with Gasteiger partial charge >= 0.3 is 17.9 Å². The molecule has 0 aliphatic heterocycles. The van der Waals surface area contributed by atoms with Crippen LogP contribution in [0.3, 0.4) is 0 Å². The van der Waals surface area contributed by atoms with Crippen molar-refractivity contribution >= 4 is 17.9 Å². The van der Waals surface area contributed by atoms with E-state index < -0.39 is 12.1 Å². The molecule has 1 unspecified atom stereocenters. The van der Waals surface area contributed by atoms with Gasteiger partial charge in [-0.3, -0.25) is 14.4 Å². The van der Waals surface area contributed by atoms with Gasteiger partial charge in [0.25, 0.3) is 0 Å². The molecule has 0 aliphatic rings. The van der Waals surface area contributed by atoms with Crippen LogP contribution in [0, 0.1) is 0 Å². The Kier molecular flexibility index (Phi) is 54.0. The molecule has 0 amide bonds. The molecule has 0 aromatic carbocycles. The summed E-state index contributed by atoms with van der Waals surface area (Å²) in [5.41, 5.74) is 0. The van der Waals surface area contributed by atoms with Crippen LogP contribution in [0.25, 0.3) is 0 Å². The van der Waals surface area contributed by atoms with Crippen LogP contribution in [0.1, 0.15) is 226 Å². The van der Waals surface area contributed by atoms with E-state index in [2.05, 4.69) is 154 Å². The Hall–Kier alpha value is -4.71. The van der Waals surface area contributed by atoms with Crippen LogP contribution in [0.15, 0.2) is 146 Å². The molecule has 0 aliphatic carbocycles. The fourth-order valence-electron chi connectivity index (χ4n) is 7.12. The zero-order valence-electron chi connectivity index (χ0n) is 45.4. The Labute approximate surface area is 436 Å². The second-order valence-corrected chi connectivity index (χ2v) is 18.1. The SMILES string of the molecule is CC/C=C\C/C=C\C/C=C\C/C=C\C/C=C\C/C=C\C/C=C\CCCCCCCCCC(=O)OCC(COC(=O)CCCCCCC/C=C\CCCC)OC(=O)CC/C=C\C/C=C\C/C=C\C/C=C\CC. The maximum absolute atomic E-state index is 12.8. The average Bonchev–Trinajstić information content (AvgIpc) is 3.37. The Morgan fingerprint density at radius 3 is 0.930 bits per heavy atom. The van der Waals surface area contributed by atoms with E-state index in [-0.39, 0.29) is 31.6 Å². The number of carbonyl (C=O) groups is 3. The quantitative estimate of drug-likeness (QED) is 0.0262. The summed E-state index contributed by atoms with van der Waals surface area (Å²) in [6, 6.07) is 0. The van der Waals surface area contributed by atoms with Crippen molar-refractivity contribution in [3.8, 4) is 0 Å². The smallest absolute Gasteiger partial charge is 0.306 e. The van der Waals surface area contributed by atoms with Crippen LogP contribution < -0.4 is 0 Å². The van der Waals surface area contributed by atoms with Crippen LogP contribution in [-0.2, 0) is 28.6 Å². The zero-order valence-corrected chi connectivity index (χ0v) is 45.4. The molecule has 0 aromatic rings. The van der Waals surface area contributed by atoms with Crippen LogP contribution in [0.4, 0.5) is 0 Å². The van der Waals surface area contributed by atoms with Gasteiger partial charge < -0.3 is 14.2 Å². The predicted molar refractivity (Wildman–Crippen MR) is 306 cm³/mol. The van der Waals surface area contributed by atoms with Gasteiger partial charge in [-0.05, 0) is 122 Å². The van der Waals surface area contributed by atoms with Gasteiger partial charge in [0.1, 0.15) is 13.2 Å². The molecule has 0 rings (SSSR count). The minimum Gasteiger partial charge on any atom is -0.462 e. The molecule has 1 atom stereocenters. The standard InChI is InChI=1S/C65H102O6/c1-4-7-10-13-16-19-22-24-25-26-27-28-29-30-31-32-33-34-35-36-37-38-39-41-43-46-49-52-55-58-64(67)70-61-62(60-69-63(66)57-54-51-48-45-42-21-18-15-12-9-6-3)71-65(68)59-56-53-50-47-44-40-23-20-17-14-11-8-5-2/h7-8,10-11,15-20,24-25,27-28,30-31,33-34,36-37,40,44,50,53,62H,4-6,9,12-14,21-23,26,29,32,35,38-39,41-43,45-49,51-52,54-61H2,1-3H3/b10-7-,11-8-,18-15-,19-16-,20-17-,25-24-,28-27-,31-30-,34-33-,37-36-,44-40-,53-50-. The highest BCUT2D eigenvalue weighted by atomic mass is 16.6. The maximum Gasteiger partial charge on any atom is 0.306 e. The van der Waals surface area contributed by atoms with Crippen molar-refractivity contribution in [2.75, 3.05) is 13.2 Å². The molecule has 0 radical (unpaired) electrons. The van der Waals surface area contributed by atoms with Gasteiger partial charge in [0.05, 0.1) is 0 Å². The molecule has 0 aromatic heterocycles. The molecule has 0 saturated heterocycles. The molecule has 0 heterocycles. The van der Waals surface area contributed by atoms with E-state index in [4.69, 9.17) is 14.2 Å². The summed E-state index contributed by atoms with van der Waals surface area (Å²) >= 11 is 0. The highest BCUT2D eigenvalue weighted by Gasteiger charge is 2.19. The minimum atomic E-state index is -0.829. The summed E-state index contributed by atoms with van der Waals surface area (Å²) < 4.78 is 16.7. The minimum absolute atomic E-state index is 0.120.